The highest BCUT2D eigenvalue weighted by molar-refractivity contribution is 7.18. The molecule has 2 aromatic carbocycles. The Bertz CT molecular complexity index is 673. The van der Waals surface area contributed by atoms with Gasteiger partial charge in [0.2, 0.25) is 0 Å². The average molecular weight is 285 g/mol. The predicted octanol–water partition coefficient (Wildman–Crippen LogP) is 3.58. The molecule has 3 nitrogen and oxygen atoms in total. The van der Waals surface area contributed by atoms with Gasteiger partial charge in [0.15, 0.2) is 0 Å². The van der Waals surface area contributed by atoms with Gasteiger partial charge in [0.1, 0.15) is 5.75 Å². The van der Waals surface area contributed by atoms with Crippen molar-refractivity contribution >= 4 is 21.6 Å². The fraction of sp³-hybridized carbons (Fsp3) is 0.188. The number of ether oxygens (including phenoxy) is 1. The maximum Gasteiger partial charge on any atom is 0.118 e. The number of methoxy groups -OCH3 is 1. The summed E-state index contributed by atoms with van der Waals surface area (Å²) in [7, 11) is 1.63. The van der Waals surface area contributed by atoms with Crippen molar-refractivity contribution in [2.24, 2.45) is 0 Å². The molecular weight excluding hydrogens is 270 g/mol. The Kier molecular flexibility index (Phi) is 3.67. The number of benzene rings is 2. The Morgan fingerprint density at radius 3 is 2.60 bits per heavy atom. The minimum absolute atomic E-state index is 0.533. The summed E-state index contributed by atoms with van der Waals surface area (Å²) in [6, 6.07) is 15.5. The second-order valence-electron chi connectivity index (χ2n) is 4.57. The molecule has 1 atom stereocenters. The van der Waals surface area contributed by atoms with E-state index in [9.17, 15) is 5.11 Å². The summed E-state index contributed by atoms with van der Waals surface area (Å²) in [4.78, 5) is 4.55. The van der Waals surface area contributed by atoms with Crippen LogP contribution in [0, 0.1) is 0 Å². The quantitative estimate of drug-likeness (QED) is 0.796. The summed E-state index contributed by atoms with van der Waals surface area (Å²) in [5.74, 6) is 0.793. The molecule has 0 aliphatic heterocycles. The van der Waals surface area contributed by atoms with Crippen molar-refractivity contribution in [2.45, 2.75) is 12.5 Å². The molecule has 3 rings (SSSR count). The maximum atomic E-state index is 10.3. The molecule has 0 fully saturated rings. The van der Waals surface area contributed by atoms with Gasteiger partial charge in [-0.3, -0.25) is 0 Å². The van der Waals surface area contributed by atoms with Gasteiger partial charge in [0.25, 0.3) is 0 Å². The second-order valence-corrected chi connectivity index (χ2v) is 5.68. The Morgan fingerprint density at radius 1 is 1.15 bits per heavy atom. The van der Waals surface area contributed by atoms with E-state index in [0.717, 1.165) is 26.5 Å². The third-order valence-electron chi connectivity index (χ3n) is 3.21. The average Bonchev–Trinajstić information content (AvgIpc) is 2.89. The van der Waals surface area contributed by atoms with Crippen LogP contribution in [0.3, 0.4) is 0 Å². The number of aromatic nitrogens is 1. The Morgan fingerprint density at radius 2 is 1.90 bits per heavy atom. The smallest absolute Gasteiger partial charge is 0.118 e. The van der Waals surface area contributed by atoms with E-state index in [1.54, 1.807) is 18.4 Å². The van der Waals surface area contributed by atoms with Gasteiger partial charge >= 0.3 is 0 Å². The van der Waals surface area contributed by atoms with Gasteiger partial charge in [0.05, 0.1) is 28.4 Å². The van der Waals surface area contributed by atoms with Gasteiger partial charge in [-0.05, 0) is 29.8 Å². The fourth-order valence-corrected chi connectivity index (χ4v) is 3.12. The molecule has 1 heterocycles. The number of hydrogen-bond acceptors (Lipinski definition) is 4. The summed E-state index contributed by atoms with van der Waals surface area (Å²) >= 11 is 1.63. The van der Waals surface area contributed by atoms with Crippen LogP contribution in [-0.2, 0) is 6.42 Å². The normalized spacial score (nSPS) is 12.5. The number of aliphatic hydroxyl groups excluding tert-OH is 1. The largest absolute Gasteiger partial charge is 0.497 e. The minimum Gasteiger partial charge on any atom is -0.497 e. The lowest BCUT2D eigenvalue weighted by molar-refractivity contribution is 0.178. The zero-order valence-corrected chi connectivity index (χ0v) is 11.9. The Balaban J connectivity index is 1.78. The molecule has 3 aromatic rings. The van der Waals surface area contributed by atoms with Gasteiger partial charge in [-0.2, -0.15) is 0 Å². The first-order valence-corrected chi connectivity index (χ1v) is 7.24. The van der Waals surface area contributed by atoms with E-state index in [4.69, 9.17) is 4.74 Å². The molecule has 4 heteroatoms. The van der Waals surface area contributed by atoms with E-state index in [2.05, 4.69) is 11.1 Å². The lowest BCUT2D eigenvalue weighted by Gasteiger charge is -2.09. The highest BCUT2D eigenvalue weighted by Gasteiger charge is 2.12. The van der Waals surface area contributed by atoms with Crippen molar-refractivity contribution < 1.29 is 9.84 Å². The number of hydrogen-bond donors (Lipinski definition) is 1. The molecule has 0 saturated heterocycles. The molecule has 0 amide bonds. The van der Waals surface area contributed by atoms with Crippen LogP contribution in [0.4, 0.5) is 0 Å². The third kappa shape index (κ3) is 2.66. The first-order valence-electron chi connectivity index (χ1n) is 6.43. The number of para-hydroxylation sites is 1. The monoisotopic (exact) mass is 285 g/mol. The highest BCUT2D eigenvalue weighted by Crippen LogP contribution is 2.26. The number of nitrogens with zero attached hydrogens (tertiary/aromatic N) is 1. The summed E-state index contributed by atoms with van der Waals surface area (Å²) in [5, 5.41) is 11.2. The van der Waals surface area contributed by atoms with Gasteiger partial charge in [0, 0.05) is 6.42 Å². The van der Waals surface area contributed by atoms with Crippen molar-refractivity contribution in [2.75, 3.05) is 7.11 Å². The molecule has 0 aliphatic rings. The van der Waals surface area contributed by atoms with E-state index in [1.165, 1.54) is 0 Å². The molecule has 0 saturated carbocycles. The molecule has 0 aliphatic carbocycles. The lowest BCUT2D eigenvalue weighted by atomic mass is 10.1. The number of fused-ring (bicyclic) bond motifs is 1. The zero-order valence-electron chi connectivity index (χ0n) is 11.1. The van der Waals surface area contributed by atoms with Crippen LogP contribution in [0.5, 0.6) is 5.75 Å². The minimum atomic E-state index is -0.540. The van der Waals surface area contributed by atoms with Crippen LogP contribution < -0.4 is 4.74 Å². The van der Waals surface area contributed by atoms with Crippen molar-refractivity contribution in [1.82, 2.24) is 4.98 Å². The molecule has 1 aromatic heterocycles. The molecule has 0 bridgehead atoms. The van der Waals surface area contributed by atoms with Gasteiger partial charge in [-0.15, -0.1) is 11.3 Å². The molecule has 20 heavy (non-hydrogen) atoms. The first kappa shape index (κ1) is 13.1. The van der Waals surface area contributed by atoms with Crippen LogP contribution >= 0.6 is 11.3 Å². The van der Waals surface area contributed by atoms with Gasteiger partial charge in [-0.25, -0.2) is 4.98 Å². The fourth-order valence-electron chi connectivity index (χ4n) is 2.12. The maximum absolute atomic E-state index is 10.3. The van der Waals surface area contributed by atoms with E-state index in [-0.39, 0.29) is 0 Å². The van der Waals surface area contributed by atoms with Crippen molar-refractivity contribution in [1.29, 1.82) is 0 Å². The number of aliphatic hydroxyl groups is 1. The Labute approximate surface area is 121 Å². The molecule has 1 unspecified atom stereocenters. The zero-order chi connectivity index (χ0) is 13.9. The van der Waals surface area contributed by atoms with Crippen LogP contribution in [-0.4, -0.2) is 17.2 Å². The third-order valence-corrected chi connectivity index (χ3v) is 4.27. The van der Waals surface area contributed by atoms with Crippen LogP contribution in [0.2, 0.25) is 0 Å². The summed E-state index contributed by atoms with van der Waals surface area (Å²) in [6.45, 7) is 0. The van der Waals surface area contributed by atoms with E-state index in [0.29, 0.717) is 6.42 Å². The Hall–Kier alpha value is -1.91. The molecule has 1 N–H and O–H groups in total. The van der Waals surface area contributed by atoms with E-state index in [1.807, 2.05) is 42.5 Å². The summed E-state index contributed by atoms with van der Waals surface area (Å²) < 4.78 is 6.27. The number of rotatable bonds is 4. The number of thiazole rings is 1. The molecular formula is C16H15NO2S. The van der Waals surface area contributed by atoms with Crippen LogP contribution in [0.1, 0.15) is 16.7 Å². The van der Waals surface area contributed by atoms with Crippen molar-refractivity contribution in [3.8, 4) is 5.75 Å². The SMILES string of the molecule is COc1ccc(C(O)Cc2nc3ccccc3s2)cc1. The van der Waals surface area contributed by atoms with E-state index < -0.39 is 6.10 Å². The highest BCUT2D eigenvalue weighted by atomic mass is 32.1. The van der Waals surface area contributed by atoms with Gasteiger partial charge in [-0.1, -0.05) is 24.3 Å². The molecule has 102 valence electrons. The topological polar surface area (TPSA) is 42.4 Å². The van der Waals surface area contributed by atoms with Crippen molar-refractivity contribution in [3.05, 3.63) is 59.1 Å². The van der Waals surface area contributed by atoms with Gasteiger partial charge < -0.3 is 9.84 Å². The lowest BCUT2D eigenvalue weighted by Crippen LogP contribution is -2.01. The molecule has 0 spiro atoms. The first-order chi connectivity index (χ1) is 9.76. The van der Waals surface area contributed by atoms with Crippen LogP contribution in [0.15, 0.2) is 48.5 Å². The summed E-state index contributed by atoms with van der Waals surface area (Å²) in [5.41, 5.74) is 1.87. The predicted molar refractivity (Wildman–Crippen MR) is 81.3 cm³/mol. The second kappa shape index (κ2) is 5.61. The van der Waals surface area contributed by atoms with Crippen molar-refractivity contribution in [3.63, 3.8) is 0 Å². The standard InChI is InChI=1S/C16H15NO2S/c1-19-12-8-6-11(7-9-12)14(18)10-16-17-13-4-2-3-5-15(13)20-16/h2-9,14,18H,10H2,1H3. The van der Waals surface area contributed by atoms with Crippen LogP contribution in [0.25, 0.3) is 10.2 Å². The van der Waals surface area contributed by atoms with E-state index >= 15 is 0 Å². The summed E-state index contributed by atoms with van der Waals surface area (Å²) in [6.07, 6.45) is -0.00690. The molecule has 0 radical (unpaired) electrons.